The van der Waals surface area contributed by atoms with Gasteiger partial charge in [0.25, 0.3) is 5.92 Å². The average Bonchev–Trinajstić information content (AvgIpc) is 3.02. The molecular formula is C20H20BrF3N6O2. The number of carbonyl (C=O) groups is 1. The summed E-state index contributed by atoms with van der Waals surface area (Å²) in [6, 6.07) is 2.12. The second-order valence-electron chi connectivity index (χ2n) is 8.27. The highest BCUT2D eigenvalue weighted by atomic mass is 79.9. The van der Waals surface area contributed by atoms with Crippen LogP contribution in [-0.2, 0) is 25.4 Å². The molecule has 2 N–H and O–H groups in total. The number of rotatable bonds is 2. The van der Waals surface area contributed by atoms with Gasteiger partial charge in [-0.05, 0) is 35.3 Å². The average molecular weight is 513 g/mol. The van der Waals surface area contributed by atoms with E-state index >= 15 is 8.78 Å². The van der Waals surface area contributed by atoms with E-state index in [1.165, 1.54) is 17.2 Å². The number of aromatic nitrogens is 3. The van der Waals surface area contributed by atoms with Crippen molar-refractivity contribution in [1.29, 1.82) is 5.26 Å². The fourth-order valence-electron chi connectivity index (χ4n) is 4.25. The summed E-state index contributed by atoms with van der Waals surface area (Å²) >= 11 is 2.96. The minimum absolute atomic E-state index is 0.0595. The first-order valence-electron chi connectivity index (χ1n) is 9.98. The van der Waals surface area contributed by atoms with Crippen molar-refractivity contribution < 1.29 is 23.1 Å². The first kappa shape index (κ1) is 22.5. The number of alkyl halides is 2. The summed E-state index contributed by atoms with van der Waals surface area (Å²) in [6.45, 7) is 1.38. The number of amides is 2. The number of nitrogens with one attached hydrogen (secondary N) is 1. The molecule has 2 aliphatic rings. The summed E-state index contributed by atoms with van der Waals surface area (Å²) in [5, 5.41) is 26.4. The van der Waals surface area contributed by atoms with E-state index in [2.05, 4.69) is 31.3 Å². The van der Waals surface area contributed by atoms with E-state index in [0.29, 0.717) is 5.69 Å². The normalized spacial score (nSPS) is 24.2. The Morgan fingerprint density at radius 2 is 2.22 bits per heavy atom. The van der Waals surface area contributed by atoms with Crippen LogP contribution in [0.15, 0.2) is 16.9 Å². The van der Waals surface area contributed by atoms with Crippen molar-refractivity contribution in [3.05, 3.63) is 39.6 Å². The minimum atomic E-state index is -3.29. The first-order valence-corrected chi connectivity index (χ1v) is 10.8. The van der Waals surface area contributed by atoms with Crippen LogP contribution in [0.25, 0.3) is 0 Å². The summed E-state index contributed by atoms with van der Waals surface area (Å²) in [6.07, 6.45) is 0.369. The van der Waals surface area contributed by atoms with Crippen LogP contribution in [0.2, 0.25) is 0 Å². The van der Waals surface area contributed by atoms with E-state index in [9.17, 15) is 14.3 Å². The van der Waals surface area contributed by atoms with Crippen molar-refractivity contribution in [3.63, 3.8) is 0 Å². The molecule has 0 aromatic carbocycles. The van der Waals surface area contributed by atoms with Gasteiger partial charge in [-0.2, -0.15) is 19.1 Å². The van der Waals surface area contributed by atoms with Crippen molar-refractivity contribution in [3.8, 4) is 6.07 Å². The number of anilines is 1. The second kappa shape index (κ2) is 8.04. The van der Waals surface area contributed by atoms with E-state index in [4.69, 9.17) is 5.26 Å². The summed E-state index contributed by atoms with van der Waals surface area (Å²) in [5.41, 5.74) is -1.39. The van der Waals surface area contributed by atoms with E-state index < -0.39 is 29.8 Å². The van der Waals surface area contributed by atoms with Crippen LogP contribution in [0.1, 0.15) is 43.1 Å². The number of fused-ring (bicyclic) bond motifs is 3. The Labute approximate surface area is 190 Å². The number of halogens is 4. The van der Waals surface area contributed by atoms with Crippen LogP contribution in [0.3, 0.4) is 0 Å². The molecule has 0 saturated carbocycles. The molecule has 32 heavy (non-hydrogen) atoms. The van der Waals surface area contributed by atoms with Gasteiger partial charge in [0, 0.05) is 30.6 Å². The zero-order valence-electron chi connectivity index (χ0n) is 17.1. The van der Waals surface area contributed by atoms with Crippen molar-refractivity contribution in [2.45, 2.75) is 63.3 Å². The molecule has 2 aromatic rings. The maximum absolute atomic E-state index is 15.1. The molecule has 2 aliphatic heterocycles. The molecule has 0 spiro atoms. The molecule has 0 fully saturated rings. The molecule has 2 amide bonds. The third kappa shape index (κ3) is 3.95. The van der Waals surface area contributed by atoms with Crippen LogP contribution in [0.4, 0.5) is 23.7 Å². The zero-order chi connectivity index (χ0) is 23.3. The predicted octanol–water partition coefficient (Wildman–Crippen LogP) is 3.69. The van der Waals surface area contributed by atoms with Crippen molar-refractivity contribution in [1.82, 2.24) is 19.7 Å². The zero-order valence-corrected chi connectivity index (χ0v) is 18.7. The summed E-state index contributed by atoms with van der Waals surface area (Å²) in [5.74, 6) is -4.03. The molecule has 0 bridgehead atoms. The smallest absolute Gasteiger partial charge is 0.322 e. The maximum atomic E-state index is 15.1. The van der Waals surface area contributed by atoms with Crippen LogP contribution < -0.4 is 5.32 Å². The number of pyridine rings is 1. The third-order valence-corrected chi connectivity index (χ3v) is 6.49. The van der Waals surface area contributed by atoms with Crippen molar-refractivity contribution in [2.24, 2.45) is 0 Å². The Morgan fingerprint density at radius 1 is 1.47 bits per heavy atom. The standard InChI is InChI=1S/C20H20BrF3N6O2/c1-11-8-14-12(9-29(11)18(31)27-13-2-7-26-17(21)15(13)22)16-20(23,24)4-3-19(32,5-6-25)10-30(16)28-14/h2,7,11,32H,3-5,8-10H2,1H3,(H,26,27,31)/t11-,19-/m1/s1. The quantitative estimate of drug-likeness (QED) is 0.596. The highest BCUT2D eigenvalue weighted by molar-refractivity contribution is 9.10. The molecule has 0 aliphatic carbocycles. The van der Waals surface area contributed by atoms with Crippen LogP contribution >= 0.6 is 15.9 Å². The van der Waals surface area contributed by atoms with E-state index in [1.807, 2.05) is 6.07 Å². The lowest BCUT2D eigenvalue weighted by Crippen LogP contribution is -2.45. The molecule has 2 aromatic heterocycles. The number of hydrogen-bond acceptors (Lipinski definition) is 5. The predicted molar refractivity (Wildman–Crippen MR) is 110 cm³/mol. The minimum Gasteiger partial charge on any atom is -0.387 e. The highest BCUT2D eigenvalue weighted by Gasteiger charge is 2.47. The van der Waals surface area contributed by atoms with E-state index in [-0.39, 0.29) is 59.9 Å². The van der Waals surface area contributed by atoms with Gasteiger partial charge in [-0.1, -0.05) is 0 Å². The monoisotopic (exact) mass is 512 g/mol. The Kier molecular flexibility index (Phi) is 5.67. The summed E-state index contributed by atoms with van der Waals surface area (Å²) < 4.78 is 45.4. The van der Waals surface area contributed by atoms with E-state index in [0.717, 1.165) is 4.68 Å². The van der Waals surface area contributed by atoms with Crippen molar-refractivity contribution >= 4 is 27.6 Å². The van der Waals surface area contributed by atoms with Crippen molar-refractivity contribution in [2.75, 3.05) is 5.32 Å². The number of hydrogen-bond donors (Lipinski definition) is 2. The lowest BCUT2D eigenvalue weighted by Gasteiger charge is -2.33. The van der Waals surface area contributed by atoms with Gasteiger partial charge in [0.15, 0.2) is 5.82 Å². The molecule has 4 rings (SSSR count). The Balaban J connectivity index is 1.66. The Bertz CT molecular complexity index is 1120. The van der Waals surface area contributed by atoms with Gasteiger partial charge < -0.3 is 15.3 Å². The second-order valence-corrected chi connectivity index (χ2v) is 9.02. The van der Waals surface area contributed by atoms with Gasteiger partial charge in [0.1, 0.15) is 10.3 Å². The molecular weight excluding hydrogens is 493 g/mol. The largest absolute Gasteiger partial charge is 0.387 e. The summed E-state index contributed by atoms with van der Waals surface area (Å²) in [4.78, 5) is 18.0. The topological polar surface area (TPSA) is 107 Å². The molecule has 0 unspecified atom stereocenters. The molecule has 8 nitrogen and oxygen atoms in total. The molecule has 12 heteroatoms. The van der Waals surface area contributed by atoms with Gasteiger partial charge in [0.05, 0.1) is 42.6 Å². The molecule has 170 valence electrons. The molecule has 4 heterocycles. The lowest BCUT2D eigenvalue weighted by atomic mass is 9.92. The maximum Gasteiger partial charge on any atom is 0.322 e. The number of nitrogens with zero attached hydrogens (tertiary/aromatic N) is 5. The fourth-order valence-corrected chi connectivity index (χ4v) is 4.58. The molecule has 2 atom stereocenters. The van der Waals surface area contributed by atoms with Gasteiger partial charge in [-0.15, -0.1) is 0 Å². The SMILES string of the molecule is C[C@@H]1Cc2nn3c(c2CN1C(=O)Nc1ccnc(Br)c1F)C(F)(F)CC[C@@](O)(CC#N)C3. The van der Waals surface area contributed by atoms with Gasteiger partial charge in [0.2, 0.25) is 0 Å². The van der Waals surface area contributed by atoms with Gasteiger partial charge in [-0.3, -0.25) is 4.68 Å². The third-order valence-electron chi connectivity index (χ3n) is 5.94. The highest BCUT2D eigenvalue weighted by Crippen LogP contribution is 2.43. The lowest BCUT2D eigenvalue weighted by molar-refractivity contribution is -0.0395. The number of nitriles is 1. The Hall–Kier alpha value is -2.65. The number of carbonyl (C=O) groups excluding carboxylic acids is 1. The van der Waals surface area contributed by atoms with Gasteiger partial charge >= 0.3 is 6.03 Å². The summed E-state index contributed by atoms with van der Waals surface area (Å²) in [7, 11) is 0. The van der Waals surface area contributed by atoms with Crippen LogP contribution in [0.5, 0.6) is 0 Å². The molecule has 0 saturated heterocycles. The number of urea groups is 1. The van der Waals surface area contributed by atoms with Gasteiger partial charge in [-0.25, -0.2) is 14.2 Å². The number of aliphatic hydroxyl groups is 1. The fraction of sp³-hybridized carbons (Fsp3) is 0.500. The Morgan fingerprint density at radius 3 is 2.94 bits per heavy atom. The van der Waals surface area contributed by atoms with E-state index in [1.54, 1.807) is 6.92 Å². The first-order chi connectivity index (χ1) is 15.0. The van der Waals surface area contributed by atoms with Crippen LogP contribution in [0, 0.1) is 17.1 Å². The molecule has 0 radical (unpaired) electrons. The van der Waals surface area contributed by atoms with Crippen LogP contribution in [-0.4, -0.2) is 42.4 Å².